The van der Waals surface area contributed by atoms with Gasteiger partial charge in [0.05, 0.1) is 10.2 Å². The van der Waals surface area contributed by atoms with Crippen molar-refractivity contribution < 1.29 is 32.6 Å². The van der Waals surface area contributed by atoms with Gasteiger partial charge in [-0.3, -0.25) is 0 Å². The molecule has 2 aromatic heterocycles. The molecule has 0 radical (unpaired) electrons. The third kappa shape index (κ3) is 4.60. The monoisotopic (exact) mass is 423 g/mol. The third-order valence-electron chi connectivity index (χ3n) is 3.35. The molecule has 12 heteroatoms. The maximum atomic E-state index is 11.9. The molecule has 0 saturated heterocycles. The number of nitrogens with zero attached hydrogens (tertiary/aromatic N) is 2. The number of fused-ring (bicyclic) bond motifs is 1. The molecule has 10 nitrogen and oxygen atoms in total. The van der Waals surface area contributed by atoms with E-state index in [0.29, 0.717) is 16.0 Å². The Hall–Kier alpha value is -3.09. The van der Waals surface area contributed by atoms with E-state index in [-0.39, 0.29) is 28.9 Å². The van der Waals surface area contributed by atoms with Gasteiger partial charge in [0.25, 0.3) is 10.0 Å². The zero-order valence-electron chi connectivity index (χ0n) is 14.1. The van der Waals surface area contributed by atoms with Crippen LogP contribution < -0.4 is 9.88 Å². The summed E-state index contributed by atoms with van der Waals surface area (Å²) in [4.78, 5) is 30.4. The lowest BCUT2D eigenvalue weighted by molar-refractivity contribution is 0.0443. The molecule has 0 unspecified atom stereocenters. The fourth-order valence-electron chi connectivity index (χ4n) is 2.13. The molecule has 0 atom stereocenters. The molecule has 1 aromatic carbocycles. The number of carbonyl (C=O) groups excluding carboxylic acids is 1. The molecule has 0 aliphatic carbocycles. The Morgan fingerprint density at radius 3 is 2.57 bits per heavy atom. The summed E-state index contributed by atoms with van der Waals surface area (Å²) >= 11 is 0.918. The molecule has 0 fully saturated rings. The van der Waals surface area contributed by atoms with Gasteiger partial charge in [-0.05, 0) is 30.3 Å². The molecular weight excluding hydrogens is 410 g/mol. The van der Waals surface area contributed by atoms with Gasteiger partial charge in [0.1, 0.15) is 30.4 Å². The summed E-state index contributed by atoms with van der Waals surface area (Å²) in [6, 6.07) is 8.78. The van der Waals surface area contributed by atoms with Crippen LogP contribution in [0.15, 0.2) is 40.7 Å². The highest BCUT2D eigenvalue weighted by Crippen LogP contribution is 2.28. The van der Waals surface area contributed by atoms with Crippen LogP contribution in [0.2, 0.25) is 0 Å². The fourth-order valence-corrected chi connectivity index (χ4v) is 3.82. The largest absolute Gasteiger partial charge is 0.490 e. The number of carbonyl (C=O) groups is 2. The molecule has 28 heavy (non-hydrogen) atoms. The summed E-state index contributed by atoms with van der Waals surface area (Å²) in [6.07, 6.45) is 0. The Kier molecular flexibility index (Phi) is 5.53. The van der Waals surface area contributed by atoms with Crippen molar-refractivity contribution >= 4 is 43.5 Å². The second-order valence-corrected chi connectivity index (χ2v) is 8.12. The highest BCUT2D eigenvalue weighted by atomic mass is 32.2. The third-order valence-corrected chi connectivity index (χ3v) is 5.68. The summed E-state index contributed by atoms with van der Waals surface area (Å²) in [7, 11) is -3.88. The number of benzene rings is 1. The first-order valence-electron chi connectivity index (χ1n) is 7.68. The van der Waals surface area contributed by atoms with Crippen LogP contribution in [0.25, 0.3) is 10.2 Å². The molecule has 0 saturated carbocycles. The van der Waals surface area contributed by atoms with E-state index >= 15 is 0 Å². The van der Waals surface area contributed by atoms with Gasteiger partial charge >= 0.3 is 11.9 Å². The van der Waals surface area contributed by atoms with Gasteiger partial charge in [0.2, 0.25) is 4.34 Å². The number of sulfonamides is 1. The van der Waals surface area contributed by atoms with Crippen LogP contribution in [-0.4, -0.2) is 48.6 Å². The van der Waals surface area contributed by atoms with Crippen LogP contribution in [0.1, 0.15) is 21.0 Å². The van der Waals surface area contributed by atoms with Gasteiger partial charge in [-0.15, -0.1) is 11.3 Å². The highest BCUT2D eigenvalue weighted by Gasteiger charge is 2.15. The predicted octanol–water partition coefficient (Wildman–Crippen LogP) is 1.27. The molecular formula is C16H13N3O7S2. The smallest absolute Gasteiger partial charge is 0.357 e. The minimum atomic E-state index is -3.88. The maximum absolute atomic E-state index is 11.9. The number of hydrogen-bond acceptors (Lipinski definition) is 9. The number of esters is 1. The van der Waals surface area contributed by atoms with Gasteiger partial charge in [0, 0.05) is 0 Å². The summed E-state index contributed by atoms with van der Waals surface area (Å²) < 4.78 is 33.5. The molecule has 3 aromatic rings. The number of hydrogen-bond donors (Lipinski definition) is 2. The van der Waals surface area contributed by atoms with E-state index in [9.17, 15) is 18.0 Å². The lowest BCUT2D eigenvalue weighted by Crippen LogP contribution is -2.14. The van der Waals surface area contributed by atoms with Gasteiger partial charge in [-0.25, -0.2) is 33.1 Å². The number of primary sulfonamides is 1. The van der Waals surface area contributed by atoms with Crippen molar-refractivity contribution in [2.24, 2.45) is 5.14 Å². The summed E-state index contributed by atoms with van der Waals surface area (Å²) in [5.74, 6) is -1.59. The minimum absolute atomic E-state index is 0.0245. The Morgan fingerprint density at radius 2 is 1.86 bits per heavy atom. The normalized spacial score (nSPS) is 11.3. The number of ether oxygens (including phenoxy) is 2. The average molecular weight is 423 g/mol. The summed E-state index contributed by atoms with van der Waals surface area (Å²) in [5.41, 5.74) is 0.0844. The van der Waals surface area contributed by atoms with Gasteiger partial charge in [-0.2, -0.15) is 0 Å². The van der Waals surface area contributed by atoms with Crippen molar-refractivity contribution in [1.29, 1.82) is 0 Å². The molecule has 3 N–H and O–H groups in total. The van der Waals surface area contributed by atoms with E-state index in [1.165, 1.54) is 18.2 Å². The van der Waals surface area contributed by atoms with Crippen molar-refractivity contribution in [3.8, 4) is 5.75 Å². The van der Waals surface area contributed by atoms with Crippen molar-refractivity contribution in [3.05, 3.63) is 47.8 Å². The van der Waals surface area contributed by atoms with E-state index in [0.717, 1.165) is 11.3 Å². The standard InChI is InChI=1S/C16H13N3O7S2/c17-28(23,24)16-19-10-5-4-9(8-13(10)27-16)25-6-7-26-15(22)12-3-1-2-11(18-12)14(20)21/h1-5,8H,6-7H2,(H,20,21)(H2,17,23,24). The lowest BCUT2D eigenvalue weighted by Gasteiger charge is -2.07. The quantitative estimate of drug-likeness (QED) is 0.421. The molecule has 0 spiro atoms. The highest BCUT2D eigenvalue weighted by molar-refractivity contribution is 7.91. The summed E-state index contributed by atoms with van der Waals surface area (Å²) in [6.45, 7) is -0.0717. The second-order valence-electron chi connectivity index (χ2n) is 5.35. The van der Waals surface area contributed by atoms with Crippen LogP contribution in [0.5, 0.6) is 5.75 Å². The van der Waals surface area contributed by atoms with E-state index in [2.05, 4.69) is 9.97 Å². The molecule has 146 valence electrons. The Balaban J connectivity index is 1.57. The number of aromatic nitrogens is 2. The van der Waals surface area contributed by atoms with Crippen molar-refractivity contribution in [1.82, 2.24) is 9.97 Å². The molecule has 2 heterocycles. The van der Waals surface area contributed by atoms with E-state index in [1.54, 1.807) is 18.2 Å². The summed E-state index contributed by atoms with van der Waals surface area (Å²) in [5, 5.41) is 13.9. The van der Waals surface area contributed by atoms with Crippen LogP contribution in [0.3, 0.4) is 0 Å². The van der Waals surface area contributed by atoms with Crippen LogP contribution in [0, 0.1) is 0 Å². The number of nitrogens with two attached hydrogens (primary N) is 1. The first-order valence-corrected chi connectivity index (χ1v) is 10.0. The fraction of sp³-hybridized carbons (Fsp3) is 0.125. The van der Waals surface area contributed by atoms with E-state index in [1.807, 2.05) is 0 Å². The number of carboxylic acids is 1. The number of thiazole rings is 1. The van der Waals surface area contributed by atoms with Crippen LogP contribution in [-0.2, 0) is 14.8 Å². The molecule has 0 aliphatic rings. The lowest BCUT2D eigenvalue weighted by atomic mass is 10.3. The van der Waals surface area contributed by atoms with Crippen LogP contribution >= 0.6 is 11.3 Å². The van der Waals surface area contributed by atoms with Crippen molar-refractivity contribution in [2.45, 2.75) is 4.34 Å². The average Bonchev–Trinajstić information content (AvgIpc) is 3.09. The Bertz CT molecular complexity index is 1160. The van der Waals surface area contributed by atoms with Crippen molar-refractivity contribution in [3.63, 3.8) is 0 Å². The Morgan fingerprint density at radius 1 is 1.11 bits per heavy atom. The molecule has 0 aliphatic heterocycles. The van der Waals surface area contributed by atoms with E-state index in [4.69, 9.17) is 19.7 Å². The van der Waals surface area contributed by atoms with E-state index < -0.39 is 22.0 Å². The second kappa shape index (κ2) is 7.88. The van der Waals surface area contributed by atoms with Gasteiger partial charge in [-0.1, -0.05) is 6.07 Å². The van der Waals surface area contributed by atoms with Gasteiger partial charge < -0.3 is 14.6 Å². The number of aromatic carboxylic acids is 1. The number of carboxylic acid groups (broad SMARTS) is 1. The number of rotatable bonds is 7. The topological polar surface area (TPSA) is 159 Å². The SMILES string of the molecule is NS(=O)(=O)c1nc2ccc(OCCOC(=O)c3cccc(C(=O)O)n3)cc2s1. The molecule has 0 bridgehead atoms. The minimum Gasteiger partial charge on any atom is -0.490 e. The first kappa shape index (κ1) is 19.7. The van der Waals surface area contributed by atoms with Crippen LogP contribution in [0.4, 0.5) is 0 Å². The zero-order chi connectivity index (χ0) is 20.3. The number of pyridine rings is 1. The maximum Gasteiger partial charge on any atom is 0.357 e. The molecule has 0 amide bonds. The van der Waals surface area contributed by atoms with Crippen molar-refractivity contribution in [2.75, 3.05) is 13.2 Å². The molecule has 3 rings (SSSR count). The predicted molar refractivity (Wildman–Crippen MR) is 98.0 cm³/mol. The first-order chi connectivity index (χ1) is 13.2. The zero-order valence-corrected chi connectivity index (χ0v) is 15.7. The van der Waals surface area contributed by atoms with Gasteiger partial charge in [0.15, 0.2) is 0 Å². The Labute approximate surface area is 162 Å².